The van der Waals surface area contributed by atoms with Crippen molar-refractivity contribution in [2.45, 2.75) is 25.7 Å². The number of hydrogen-bond acceptors (Lipinski definition) is 5. The zero-order valence-corrected chi connectivity index (χ0v) is 18.5. The number of thiophene rings is 1. The van der Waals surface area contributed by atoms with Crippen molar-refractivity contribution in [1.29, 1.82) is 0 Å². The number of thiazole rings is 1. The molecule has 1 N–H and O–H groups in total. The first-order valence-electron chi connectivity index (χ1n) is 10.0. The first-order chi connectivity index (χ1) is 14.7. The number of amides is 1. The second-order valence-corrected chi connectivity index (χ2v) is 8.87. The van der Waals surface area contributed by atoms with E-state index in [-0.39, 0.29) is 5.91 Å². The summed E-state index contributed by atoms with van der Waals surface area (Å²) in [6.45, 7) is 0.738. The number of H-pyrrole nitrogens is 1. The van der Waals surface area contributed by atoms with E-state index in [4.69, 9.17) is 0 Å². The van der Waals surface area contributed by atoms with Gasteiger partial charge in [0.2, 0.25) is 0 Å². The molecule has 7 heteroatoms. The van der Waals surface area contributed by atoms with Crippen molar-refractivity contribution >= 4 is 28.6 Å². The number of aromatic nitrogens is 3. The van der Waals surface area contributed by atoms with Gasteiger partial charge < -0.3 is 4.90 Å². The molecule has 3 aromatic heterocycles. The molecule has 0 radical (unpaired) electrons. The van der Waals surface area contributed by atoms with Crippen LogP contribution in [-0.2, 0) is 6.42 Å². The number of aromatic amines is 1. The van der Waals surface area contributed by atoms with Gasteiger partial charge in [0.25, 0.3) is 5.91 Å². The van der Waals surface area contributed by atoms with Crippen LogP contribution in [0.25, 0.3) is 21.8 Å². The quantitative estimate of drug-likeness (QED) is 0.340. The second-order valence-electron chi connectivity index (χ2n) is 7.23. The molecule has 0 saturated heterocycles. The Morgan fingerprint density at radius 3 is 2.73 bits per heavy atom. The normalized spacial score (nSPS) is 11.0. The topological polar surface area (TPSA) is 61.9 Å². The van der Waals surface area contributed by atoms with E-state index in [1.807, 2.05) is 42.1 Å². The number of nitrogens with zero attached hydrogens (tertiary/aromatic N) is 3. The van der Waals surface area contributed by atoms with E-state index in [1.165, 1.54) is 11.3 Å². The molecular formula is C23H24N4OS2. The van der Waals surface area contributed by atoms with Crippen molar-refractivity contribution in [3.63, 3.8) is 0 Å². The van der Waals surface area contributed by atoms with Gasteiger partial charge in [-0.25, -0.2) is 4.98 Å². The molecular weight excluding hydrogens is 412 g/mol. The summed E-state index contributed by atoms with van der Waals surface area (Å²) in [5.41, 5.74) is 4.89. The zero-order valence-electron chi connectivity index (χ0n) is 16.9. The third-order valence-electron chi connectivity index (χ3n) is 4.98. The Kier molecular flexibility index (Phi) is 6.71. The third-order valence-corrected chi connectivity index (χ3v) is 6.55. The third kappa shape index (κ3) is 5.04. The molecule has 0 aliphatic carbocycles. The van der Waals surface area contributed by atoms with Crippen molar-refractivity contribution in [2.24, 2.45) is 0 Å². The van der Waals surface area contributed by atoms with E-state index in [2.05, 4.69) is 38.8 Å². The highest BCUT2D eigenvalue weighted by atomic mass is 32.1. The van der Waals surface area contributed by atoms with Crippen LogP contribution in [0.15, 0.2) is 58.6 Å². The number of hydrogen-bond donors (Lipinski definition) is 1. The fourth-order valence-corrected chi connectivity index (χ4v) is 4.78. The summed E-state index contributed by atoms with van der Waals surface area (Å²) in [7, 11) is 1.85. The molecule has 0 bridgehead atoms. The molecule has 0 aliphatic heterocycles. The van der Waals surface area contributed by atoms with Gasteiger partial charge in [-0.15, -0.1) is 11.3 Å². The van der Waals surface area contributed by atoms with Crippen LogP contribution in [0.2, 0.25) is 0 Å². The van der Waals surface area contributed by atoms with Crippen LogP contribution in [0.4, 0.5) is 0 Å². The summed E-state index contributed by atoms with van der Waals surface area (Å²) in [4.78, 5) is 18.9. The average Bonchev–Trinajstić information content (AvgIpc) is 3.54. The lowest BCUT2D eigenvalue weighted by molar-refractivity contribution is 0.0787. The predicted molar refractivity (Wildman–Crippen MR) is 124 cm³/mol. The average molecular weight is 437 g/mol. The lowest BCUT2D eigenvalue weighted by Crippen LogP contribution is -2.28. The van der Waals surface area contributed by atoms with E-state index in [0.29, 0.717) is 5.69 Å². The van der Waals surface area contributed by atoms with Gasteiger partial charge in [-0.3, -0.25) is 9.89 Å². The SMILES string of the molecule is CN(CCCCCc1cc(-c2ccccc2)n[nH]1)C(=O)c1csc(-c2ccsc2)n1. The fraction of sp³-hybridized carbons (Fsp3) is 0.261. The lowest BCUT2D eigenvalue weighted by Gasteiger charge is -2.15. The molecule has 4 rings (SSSR count). The summed E-state index contributed by atoms with van der Waals surface area (Å²) >= 11 is 3.16. The minimum absolute atomic E-state index is 0.00574. The predicted octanol–water partition coefficient (Wildman–Crippen LogP) is 5.75. The molecule has 30 heavy (non-hydrogen) atoms. The zero-order chi connectivity index (χ0) is 20.8. The summed E-state index contributed by atoms with van der Waals surface area (Å²) in [5.74, 6) is -0.00574. The Labute approximate surface area is 184 Å². The van der Waals surface area contributed by atoms with Crippen molar-refractivity contribution in [1.82, 2.24) is 20.1 Å². The Hall–Kier alpha value is -2.77. The molecule has 3 heterocycles. The fourth-order valence-electron chi connectivity index (χ4n) is 3.28. The summed E-state index contributed by atoms with van der Waals surface area (Å²) in [6, 6.07) is 14.3. The van der Waals surface area contributed by atoms with E-state index < -0.39 is 0 Å². The van der Waals surface area contributed by atoms with Gasteiger partial charge in [0.1, 0.15) is 10.7 Å². The van der Waals surface area contributed by atoms with Gasteiger partial charge in [0.05, 0.1) is 5.69 Å². The van der Waals surface area contributed by atoms with E-state index in [1.54, 1.807) is 16.2 Å². The first-order valence-corrected chi connectivity index (χ1v) is 11.9. The smallest absolute Gasteiger partial charge is 0.273 e. The molecule has 0 spiro atoms. The maximum absolute atomic E-state index is 12.6. The van der Waals surface area contributed by atoms with Crippen molar-refractivity contribution < 1.29 is 4.79 Å². The number of carbonyl (C=O) groups is 1. The van der Waals surface area contributed by atoms with Crippen molar-refractivity contribution in [3.8, 4) is 21.8 Å². The van der Waals surface area contributed by atoms with Crippen LogP contribution in [0.3, 0.4) is 0 Å². The number of carbonyl (C=O) groups excluding carboxylic acids is 1. The van der Waals surface area contributed by atoms with Gasteiger partial charge in [-0.2, -0.15) is 16.4 Å². The number of unbranched alkanes of at least 4 members (excludes halogenated alkanes) is 2. The lowest BCUT2D eigenvalue weighted by atomic mass is 10.1. The van der Waals surface area contributed by atoms with Gasteiger partial charge in [-0.1, -0.05) is 36.8 Å². The maximum atomic E-state index is 12.6. The second kappa shape index (κ2) is 9.82. The largest absolute Gasteiger partial charge is 0.340 e. The molecule has 0 saturated carbocycles. The number of rotatable bonds is 9. The van der Waals surface area contributed by atoms with Crippen LogP contribution in [-0.4, -0.2) is 39.6 Å². The summed E-state index contributed by atoms with van der Waals surface area (Å²) in [6.07, 6.45) is 4.07. The highest BCUT2D eigenvalue weighted by Crippen LogP contribution is 2.26. The Morgan fingerprint density at radius 2 is 1.93 bits per heavy atom. The van der Waals surface area contributed by atoms with E-state index in [9.17, 15) is 4.79 Å². The minimum atomic E-state index is -0.00574. The number of benzene rings is 1. The standard InChI is InChI=1S/C23H24N4OS2/c1-27(23(28)21-16-30-22(24-21)18-11-13-29-15-18)12-7-3-6-10-19-14-20(26-25-19)17-8-4-2-5-9-17/h2,4-5,8-9,11,13-16H,3,6-7,10,12H2,1H3,(H,25,26). The molecule has 1 amide bonds. The van der Waals surface area contributed by atoms with Crippen LogP contribution < -0.4 is 0 Å². The van der Waals surface area contributed by atoms with E-state index >= 15 is 0 Å². The summed E-state index contributed by atoms with van der Waals surface area (Å²) in [5, 5.41) is 14.4. The molecule has 0 fully saturated rings. The number of nitrogens with one attached hydrogen (secondary N) is 1. The van der Waals surface area contributed by atoms with Crippen LogP contribution in [0, 0.1) is 0 Å². The van der Waals surface area contributed by atoms with E-state index in [0.717, 1.165) is 59.8 Å². The van der Waals surface area contributed by atoms with Crippen molar-refractivity contribution in [2.75, 3.05) is 13.6 Å². The molecule has 1 aromatic carbocycles. The van der Waals surface area contributed by atoms with Gasteiger partial charge in [-0.05, 0) is 36.8 Å². The number of aryl methyl sites for hydroxylation is 1. The highest BCUT2D eigenvalue weighted by Gasteiger charge is 2.16. The minimum Gasteiger partial charge on any atom is -0.340 e. The molecule has 154 valence electrons. The highest BCUT2D eigenvalue weighted by molar-refractivity contribution is 7.14. The molecule has 0 aliphatic rings. The van der Waals surface area contributed by atoms with Crippen LogP contribution >= 0.6 is 22.7 Å². The molecule has 4 aromatic rings. The van der Waals surface area contributed by atoms with Crippen molar-refractivity contribution in [3.05, 3.63) is 70.0 Å². The Morgan fingerprint density at radius 1 is 1.07 bits per heavy atom. The van der Waals surface area contributed by atoms with Gasteiger partial charge >= 0.3 is 0 Å². The maximum Gasteiger partial charge on any atom is 0.273 e. The Bertz CT molecular complexity index is 1070. The summed E-state index contributed by atoms with van der Waals surface area (Å²) < 4.78 is 0. The molecule has 0 atom stereocenters. The van der Waals surface area contributed by atoms with Crippen LogP contribution in [0.1, 0.15) is 35.4 Å². The van der Waals surface area contributed by atoms with Gasteiger partial charge in [0, 0.05) is 41.2 Å². The molecule has 0 unspecified atom stereocenters. The Balaban J connectivity index is 1.19. The van der Waals surface area contributed by atoms with Gasteiger partial charge in [0.15, 0.2) is 0 Å². The monoisotopic (exact) mass is 436 g/mol. The first kappa shape index (κ1) is 20.5. The molecule has 5 nitrogen and oxygen atoms in total. The van der Waals surface area contributed by atoms with Crippen LogP contribution in [0.5, 0.6) is 0 Å².